The van der Waals surface area contributed by atoms with Crippen LogP contribution < -0.4 is 0 Å². The van der Waals surface area contributed by atoms with Gasteiger partial charge in [-0.1, -0.05) is 48.0 Å². The molecule has 1 rings (SSSR count). The molecule has 174 valence electrons. The molecule has 1 fully saturated rings. The van der Waals surface area contributed by atoms with Crippen molar-refractivity contribution in [2.75, 3.05) is 19.8 Å². The maximum Gasteiger partial charge on any atom is 0.323 e. The van der Waals surface area contributed by atoms with Crippen molar-refractivity contribution in [1.29, 1.82) is 0 Å². The second-order valence-corrected chi connectivity index (χ2v) is 9.86. The van der Waals surface area contributed by atoms with Crippen molar-refractivity contribution in [2.45, 2.75) is 86.5 Å². The highest BCUT2D eigenvalue weighted by Gasteiger charge is 2.53. The topological polar surface area (TPSA) is 78.9 Å². The molecule has 1 atom stereocenters. The third-order valence-electron chi connectivity index (χ3n) is 5.66. The van der Waals surface area contributed by atoms with Crippen molar-refractivity contribution >= 4 is 17.9 Å². The van der Waals surface area contributed by atoms with Crippen molar-refractivity contribution in [3.8, 4) is 0 Å². The highest BCUT2D eigenvalue weighted by atomic mass is 16.6. The molecular formula is C24H42O6. The number of carbonyl (C=O) groups excluding carboxylic acids is 3. The van der Waals surface area contributed by atoms with Crippen LogP contribution in [0.25, 0.3) is 0 Å². The molecule has 6 heteroatoms. The first-order valence-corrected chi connectivity index (χ1v) is 11.6. The van der Waals surface area contributed by atoms with E-state index in [9.17, 15) is 14.4 Å². The highest BCUT2D eigenvalue weighted by Crippen LogP contribution is 2.42. The van der Waals surface area contributed by atoms with Gasteiger partial charge in [0.25, 0.3) is 0 Å². The highest BCUT2D eigenvalue weighted by molar-refractivity contribution is 6.00. The number of carbonyl (C=O) groups is 3. The third-order valence-corrected chi connectivity index (χ3v) is 5.66. The van der Waals surface area contributed by atoms with Crippen molar-refractivity contribution in [3.63, 3.8) is 0 Å². The SMILES string of the molecule is CC(C)CCOC(=O)C1CCCC(C(=O)OCCC(C)C)(C(=O)OCCC(C)C)C1. The van der Waals surface area contributed by atoms with E-state index in [-0.39, 0.29) is 25.6 Å². The van der Waals surface area contributed by atoms with Crippen LogP contribution in [-0.4, -0.2) is 37.7 Å². The first-order chi connectivity index (χ1) is 14.1. The van der Waals surface area contributed by atoms with Crippen LogP contribution in [0.15, 0.2) is 0 Å². The first kappa shape index (κ1) is 26.4. The Hall–Kier alpha value is -1.59. The molecule has 0 aromatic carbocycles. The van der Waals surface area contributed by atoms with Crippen molar-refractivity contribution in [2.24, 2.45) is 29.1 Å². The minimum atomic E-state index is -1.41. The average molecular weight is 427 g/mol. The zero-order chi connectivity index (χ0) is 22.7. The van der Waals surface area contributed by atoms with Gasteiger partial charge in [0.05, 0.1) is 25.7 Å². The molecule has 1 saturated carbocycles. The maximum atomic E-state index is 13.0. The number of esters is 3. The molecule has 0 heterocycles. The quantitative estimate of drug-likeness (QED) is 0.250. The lowest BCUT2D eigenvalue weighted by molar-refractivity contribution is -0.178. The number of ether oxygens (including phenoxy) is 3. The smallest absolute Gasteiger partial charge is 0.323 e. The van der Waals surface area contributed by atoms with Crippen LogP contribution in [0.3, 0.4) is 0 Å². The summed E-state index contributed by atoms with van der Waals surface area (Å²) in [5.41, 5.74) is -1.41. The molecule has 0 bridgehead atoms. The van der Waals surface area contributed by atoms with Gasteiger partial charge in [-0.2, -0.15) is 0 Å². The summed E-state index contributed by atoms with van der Waals surface area (Å²) in [5.74, 6) is -0.709. The second kappa shape index (κ2) is 13.0. The van der Waals surface area contributed by atoms with Crippen molar-refractivity contribution in [1.82, 2.24) is 0 Å². The van der Waals surface area contributed by atoms with E-state index in [4.69, 9.17) is 14.2 Å². The maximum absolute atomic E-state index is 13.0. The largest absolute Gasteiger partial charge is 0.465 e. The molecule has 0 amide bonds. The van der Waals surface area contributed by atoms with Gasteiger partial charge in [0.1, 0.15) is 0 Å². The fourth-order valence-electron chi connectivity index (χ4n) is 3.49. The molecule has 1 aliphatic carbocycles. The van der Waals surface area contributed by atoms with Crippen LogP contribution in [0.5, 0.6) is 0 Å². The van der Waals surface area contributed by atoms with Crippen LogP contribution in [0.4, 0.5) is 0 Å². The van der Waals surface area contributed by atoms with Crippen LogP contribution >= 0.6 is 0 Å². The van der Waals surface area contributed by atoms with E-state index in [0.717, 1.165) is 19.3 Å². The molecule has 1 aliphatic rings. The van der Waals surface area contributed by atoms with E-state index in [1.165, 1.54) is 0 Å². The summed E-state index contributed by atoms with van der Waals surface area (Å²) >= 11 is 0. The van der Waals surface area contributed by atoms with Crippen LogP contribution in [0, 0.1) is 29.1 Å². The van der Waals surface area contributed by atoms with Crippen molar-refractivity contribution in [3.05, 3.63) is 0 Å². The Morgan fingerprint density at radius 3 is 1.63 bits per heavy atom. The summed E-state index contributed by atoms with van der Waals surface area (Å²) in [4.78, 5) is 38.7. The Morgan fingerprint density at radius 1 is 0.767 bits per heavy atom. The summed E-state index contributed by atoms with van der Waals surface area (Å²) in [6.07, 6.45) is 3.90. The van der Waals surface area contributed by atoms with E-state index in [1.807, 2.05) is 27.7 Å². The average Bonchev–Trinajstić information content (AvgIpc) is 2.66. The van der Waals surface area contributed by atoms with Gasteiger partial charge in [0.2, 0.25) is 0 Å². The van der Waals surface area contributed by atoms with Gasteiger partial charge < -0.3 is 14.2 Å². The summed E-state index contributed by atoms with van der Waals surface area (Å²) in [7, 11) is 0. The normalized spacial score (nSPS) is 18.5. The zero-order valence-corrected chi connectivity index (χ0v) is 19.8. The Bertz CT molecular complexity index is 526. The van der Waals surface area contributed by atoms with E-state index in [0.29, 0.717) is 43.6 Å². The molecule has 0 aliphatic heterocycles. The van der Waals surface area contributed by atoms with E-state index in [1.54, 1.807) is 0 Å². The fourth-order valence-corrected chi connectivity index (χ4v) is 3.49. The molecule has 0 aromatic heterocycles. The second-order valence-electron chi connectivity index (χ2n) is 9.86. The number of hydrogen-bond acceptors (Lipinski definition) is 6. The minimum absolute atomic E-state index is 0.106. The van der Waals surface area contributed by atoms with Gasteiger partial charge in [0.15, 0.2) is 5.41 Å². The Balaban J connectivity index is 2.88. The summed E-state index contributed by atoms with van der Waals surface area (Å²) in [5, 5.41) is 0. The van der Waals surface area contributed by atoms with Gasteiger partial charge in [-0.25, -0.2) is 0 Å². The lowest BCUT2D eigenvalue weighted by Crippen LogP contribution is -2.47. The number of rotatable bonds is 12. The predicted octanol–water partition coefficient (Wildman–Crippen LogP) is 4.93. The molecular weight excluding hydrogens is 384 g/mol. The Morgan fingerprint density at radius 2 is 1.20 bits per heavy atom. The summed E-state index contributed by atoms with van der Waals surface area (Å²) in [6.45, 7) is 13.2. The Labute approximate surface area is 182 Å². The minimum Gasteiger partial charge on any atom is -0.465 e. The molecule has 6 nitrogen and oxygen atoms in total. The van der Waals surface area contributed by atoms with Crippen LogP contribution in [-0.2, 0) is 28.6 Å². The van der Waals surface area contributed by atoms with Gasteiger partial charge in [-0.05, 0) is 56.3 Å². The lowest BCUT2D eigenvalue weighted by Gasteiger charge is -2.36. The van der Waals surface area contributed by atoms with Gasteiger partial charge in [-0.3, -0.25) is 14.4 Å². The summed E-state index contributed by atoms with van der Waals surface area (Å²) < 4.78 is 16.4. The lowest BCUT2D eigenvalue weighted by atomic mass is 9.69. The van der Waals surface area contributed by atoms with E-state index >= 15 is 0 Å². The third kappa shape index (κ3) is 8.65. The molecule has 0 N–H and O–H groups in total. The van der Waals surface area contributed by atoms with Crippen LogP contribution in [0.1, 0.15) is 86.5 Å². The van der Waals surface area contributed by atoms with E-state index < -0.39 is 23.3 Å². The van der Waals surface area contributed by atoms with Gasteiger partial charge >= 0.3 is 17.9 Å². The zero-order valence-electron chi connectivity index (χ0n) is 19.8. The van der Waals surface area contributed by atoms with Gasteiger partial charge in [-0.15, -0.1) is 0 Å². The monoisotopic (exact) mass is 426 g/mol. The van der Waals surface area contributed by atoms with Crippen molar-refractivity contribution < 1.29 is 28.6 Å². The summed E-state index contributed by atoms with van der Waals surface area (Å²) in [6, 6.07) is 0. The molecule has 0 saturated heterocycles. The first-order valence-electron chi connectivity index (χ1n) is 11.6. The molecule has 1 unspecified atom stereocenters. The fraction of sp³-hybridized carbons (Fsp3) is 0.875. The van der Waals surface area contributed by atoms with E-state index in [2.05, 4.69) is 13.8 Å². The van der Waals surface area contributed by atoms with Gasteiger partial charge in [0, 0.05) is 0 Å². The molecule has 0 aromatic rings. The Kier molecular flexibility index (Phi) is 11.4. The molecule has 0 radical (unpaired) electrons. The molecule has 30 heavy (non-hydrogen) atoms. The molecule has 0 spiro atoms. The van der Waals surface area contributed by atoms with Crippen LogP contribution in [0.2, 0.25) is 0 Å². The standard InChI is InChI=1S/C24H42O6/c1-17(2)9-13-28-21(25)20-8-7-12-24(16-20,22(26)29-14-10-18(3)4)23(27)30-15-11-19(5)6/h17-20H,7-16H2,1-6H3. The predicted molar refractivity (Wildman–Crippen MR) is 116 cm³/mol. The number of hydrogen-bond donors (Lipinski definition) is 0.